The normalized spacial score (nSPS) is 13.4. The van der Waals surface area contributed by atoms with Crippen LogP contribution in [-0.4, -0.2) is 37.2 Å². The number of hydrogen-bond acceptors (Lipinski definition) is 4. The Morgan fingerprint density at radius 1 is 1.41 bits per heavy atom. The lowest BCUT2D eigenvalue weighted by Gasteiger charge is -2.05. The van der Waals surface area contributed by atoms with Crippen LogP contribution in [0.4, 0.5) is 0 Å². The number of hydrogen-bond donors (Lipinski definition) is 2. The van der Waals surface area contributed by atoms with Crippen molar-refractivity contribution in [3.63, 3.8) is 0 Å². The molecule has 0 aliphatic heterocycles. The fraction of sp³-hybridized carbons (Fsp3) is 0.429. The van der Waals surface area contributed by atoms with Crippen LogP contribution in [0.15, 0.2) is 24.4 Å². The molecule has 22 heavy (non-hydrogen) atoms. The van der Waals surface area contributed by atoms with Gasteiger partial charge < -0.3 is 4.98 Å². The SMILES string of the molecule is CNS(=O)(=O)CCc1ccc2[nH]cc(CC(C)[N+](=O)[O-])c2c1. The zero-order valence-electron chi connectivity index (χ0n) is 12.5. The Kier molecular flexibility index (Phi) is 4.82. The van der Waals surface area contributed by atoms with Gasteiger partial charge in [0.2, 0.25) is 16.1 Å². The zero-order valence-corrected chi connectivity index (χ0v) is 13.3. The van der Waals surface area contributed by atoms with Crippen molar-refractivity contribution < 1.29 is 13.3 Å². The third-order valence-corrected chi connectivity index (χ3v) is 5.04. The van der Waals surface area contributed by atoms with Crippen molar-refractivity contribution in [2.24, 2.45) is 0 Å². The molecular formula is C14H19N3O4S. The minimum atomic E-state index is -3.25. The molecule has 1 aromatic carbocycles. The van der Waals surface area contributed by atoms with Crippen LogP contribution in [0, 0.1) is 10.1 Å². The lowest BCUT2D eigenvalue weighted by atomic mass is 10.0. The van der Waals surface area contributed by atoms with E-state index in [9.17, 15) is 18.5 Å². The van der Waals surface area contributed by atoms with E-state index < -0.39 is 16.1 Å². The van der Waals surface area contributed by atoms with Gasteiger partial charge in [-0.3, -0.25) is 10.1 Å². The fourth-order valence-corrected chi connectivity index (χ4v) is 3.01. The average molecular weight is 325 g/mol. The Morgan fingerprint density at radius 3 is 2.77 bits per heavy atom. The molecular weight excluding hydrogens is 306 g/mol. The van der Waals surface area contributed by atoms with Crippen molar-refractivity contribution >= 4 is 20.9 Å². The number of rotatable bonds is 7. The van der Waals surface area contributed by atoms with Crippen molar-refractivity contribution in [2.45, 2.75) is 25.8 Å². The standard InChI is InChI=1S/C14H19N3O4S/c1-10(17(18)19)7-12-9-16-14-4-3-11(8-13(12)14)5-6-22(20,21)15-2/h3-4,8-10,15-16H,5-7H2,1-2H3. The van der Waals surface area contributed by atoms with Crippen LogP contribution in [0.3, 0.4) is 0 Å². The number of sulfonamides is 1. The number of nitrogens with one attached hydrogen (secondary N) is 2. The number of nitrogens with zero attached hydrogens (tertiary/aromatic N) is 1. The first-order valence-corrected chi connectivity index (χ1v) is 8.61. The van der Waals surface area contributed by atoms with E-state index in [1.807, 2.05) is 18.2 Å². The highest BCUT2D eigenvalue weighted by atomic mass is 32.2. The molecule has 0 aliphatic rings. The third kappa shape index (κ3) is 3.83. The summed E-state index contributed by atoms with van der Waals surface area (Å²) in [5.74, 6) is 0.0140. The van der Waals surface area contributed by atoms with E-state index in [-0.39, 0.29) is 10.7 Å². The molecule has 0 spiro atoms. The van der Waals surface area contributed by atoms with Crippen LogP contribution in [0.25, 0.3) is 10.9 Å². The monoisotopic (exact) mass is 325 g/mol. The number of aromatic amines is 1. The van der Waals surface area contributed by atoms with Gasteiger partial charge in [-0.1, -0.05) is 6.07 Å². The smallest absolute Gasteiger partial charge is 0.214 e. The van der Waals surface area contributed by atoms with Gasteiger partial charge in [0, 0.05) is 35.4 Å². The number of fused-ring (bicyclic) bond motifs is 1. The Morgan fingerprint density at radius 2 is 2.14 bits per heavy atom. The van der Waals surface area contributed by atoms with E-state index in [4.69, 9.17) is 0 Å². The van der Waals surface area contributed by atoms with E-state index in [2.05, 4.69) is 9.71 Å². The van der Waals surface area contributed by atoms with Crippen molar-refractivity contribution in [1.82, 2.24) is 9.71 Å². The summed E-state index contributed by atoms with van der Waals surface area (Å²) in [7, 11) is -1.85. The average Bonchev–Trinajstić information content (AvgIpc) is 2.87. The Balaban J connectivity index is 2.23. The van der Waals surface area contributed by atoms with E-state index in [0.29, 0.717) is 12.8 Å². The van der Waals surface area contributed by atoms with Crippen molar-refractivity contribution in [3.8, 4) is 0 Å². The molecule has 0 radical (unpaired) electrons. The van der Waals surface area contributed by atoms with Gasteiger partial charge in [-0.15, -0.1) is 0 Å². The van der Waals surface area contributed by atoms with E-state index in [1.165, 1.54) is 7.05 Å². The minimum Gasteiger partial charge on any atom is -0.361 e. The van der Waals surface area contributed by atoms with E-state index in [0.717, 1.165) is 22.0 Å². The topological polar surface area (TPSA) is 105 Å². The molecule has 1 atom stereocenters. The first-order valence-electron chi connectivity index (χ1n) is 6.96. The van der Waals surface area contributed by atoms with Crippen LogP contribution in [0.5, 0.6) is 0 Å². The predicted octanol–water partition coefficient (Wildman–Crippen LogP) is 1.47. The van der Waals surface area contributed by atoms with Crippen LogP contribution in [0.2, 0.25) is 0 Å². The van der Waals surface area contributed by atoms with Gasteiger partial charge in [-0.25, -0.2) is 13.1 Å². The highest BCUT2D eigenvalue weighted by Gasteiger charge is 2.16. The minimum absolute atomic E-state index is 0.0140. The summed E-state index contributed by atoms with van der Waals surface area (Å²) < 4.78 is 25.2. The molecule has 1 unspecified atom stereocenters. The van der Waals surface area contributed by atoms with Gasteiger partial charge >= 0.3 is 0 Å². The quantitative estimate of drug-likeness (QED) is 0.594. The van der Waals surface area contributed by atoms with Gasteiger partial charge in [0.25, 0.3) is 0 Å². The number of aromatic nitrogens is 1. The second-order valence-corrected chi connectivity index (χ2v) is 7.35. The highest BCUT2D eigenvalue weighted by molar-refractivity contribution is 7.89. The first kappa shape index (κ1) is 16.4. The molecule has 0 saturated heterocycles. The molecule has 0 fully saturated rings. The molecule has 1 aromatic heterocycles. The number of benzene rings is 1. The molecule has 2 rings (SSSR count). The zero-order chi connectivity index (χ0) is 16.3. The Labute approximate surface area is 128 Å². The molecule has 1 heterocycles. The van der Waals surface area contributed by atoms with Crippen LogP contribution in [0.1, 0.15) is 18.1 Å². The summed E-state index contributed by atoms with van der Waals surface area (Å²) in [6.07, 6.45) is 2.51. The molecule has 2 aromatic rings. The second kappa shape index (κ2) is 6.45. The summed E-state index contributed by atoms with van der Waals surface area (Å²) in [5.41, 5.74) is 2.66. The molecule has 2 N–H and O–H groups in total. The summed E-state index contributed by atoms with van der Waals surface area (Å²) in [4.78, 5) is 13.6. The second-order valence-electron chi connectivity index (χ2n) is 5.31. The Bertz CT molecular complexity index is 782. The largest absolute Gasteiger partial charge is 0.361 e. The van der Waals surface area contributed by atoms with Gasteiger partial charge in [0.15, 0.2) is 0 Å². The summed E-state index contributed by atoms with van der Waals surface area (Å²) in [6.45, 7) is 1.57. The highest BCUT2D eigenvalue weighted by Crippen LogP contribution is 2.22. The maximum Gasteiger partial charge on any atom is 0.214 e. The maximum absolute atomic E-state index is 11.5. The van der Waals surface area contributed by atoms with Crippen molar-refractivity contribution in [2.75, 3.05) is 12.8 Å². The third-order valence-electron chi connectivity index (χ3n) is 3.68. The van der Waals surface area contributed by atoms with Crippen molar-refractivity contribution in [3.05, 3.63) is 45.6 Å². The first-order chi connectivity index (χ1) is 10.3. The summed E-state index contributed by atoms with van der Waals surface area (Å²) in [6, 6.07) is 4.98. The van der Waals surface area contributed by atoms with Gasteiger partial charge in [-0.05, 0) is 36.7 Å². The van der Waals surface area contributed by atoms with Crippen molar-refractivity contribution in [1.29, 1.82) is 0 Å². The van der Waals surface area contributed by atoms with Crippen LogP contribution >= 0.6 is 0 Å². The predicted molar refractivity (Wildman–Crippen MR) is 85.0 cm³/mol. The van der Waals surface area contributed by atoms with Crippen LogP contribution in [-0.2, 0) is 22.9 Å². The van der Waals surface area contributed by atoms with Gasteiger partial charge in [0.05, 0.1) is 5.75 Å². The number of H-pyrrole nitrogens is 1. The summed E-state index contributed by atoms with van der Waals surface area (Å²) in [5, 5.41) is 11.7. The molecule has 8 heteroatoms. The van der Waals surface area contributed by atoms with Gasteiger partial charge in [0.1, 0.15) is 0 Å². The molecule has 7 nitrogen and oxygen atoms in total. The fourth-order valence-electron chi connectivity index (χ4n) is 2.30. The summed E-state index contributed by atoms with van der Waals surface area (Å²) >= 11 is 0. The molecule has 120 valence electrons. The maximum atomic E-state index is 11.5. The number of nitro groups is 1. The lowest BCUT2D eigenvalue weighted by molar-refractivity contribution is -0.517. The molecule has 0 aliphatic carbocycles. The van der Waals surface area contributed by atoms with E-state index >= 15 is 0 Å². The van der Waals surface area contributed by atoms with Gasteiger partial charge in [-0.2, -0.15) is 0 Å². The van der Waals surface area contributed by atoms with E-state index in [1.54, 1.807) is 13.1 Å². The number of aryl methyl sites for hydroxylation is 1. The van der Waals surface area contributed by atoms with Crippen LogP contribution < -0.4 is 4.72 Å². The Hall–Kier alpha value is -1.93. The molecule has 0 bridgehead atoms. The molecule has 0 amide bonds. The molecule has 0 saturated carbocycles. The lowest BCUT2D eigenvalue weighted by Crippen LogP contribution is -2.23.